The molecule has 0 bridgehead atoms. The lowest BCUT2D eigenvalue weighted by Crippen LogP contribution is -2.37. The standard InChI is InChI=1S/C18H10Cl2O7/c19-11-7-3-1-5-9(11)15(21)25-13-14(18(24)27-17(13)23)26-16(22)10-6-2-4-8-12(10)20/h1-8,13-14H/t13-,14-/m1/s1. The van der Waals surface area contributed by atoms with Crippen LogP contribution in [0.5, 0.6) is 0 Å². The first-order valence-electron chi connectivity index (χ1n) is 7.55. The number of benzene rings is 2. The van der Waals surface area contributed by atoms with Gasteiger partial charge in [-0.15, -0.1) is 0 Å². The third-order valence-corrected chi connectivity index (χ3v) is 4.26. The minimum Gasteiger partial charge on any atom is -0.442 e. The Balaban J connectivity index is 1.79. The monoisotopic (exact) mass is 408 g/mol. The first-order chi connectivity index (χ1) is 12.9. The average Bonchev–Trinajstić information content (AvgIpc) is 2.89. The fraction of sp³-hybridized carbons (Fsp3) is 0.111. The van der Waals surface area contributed by atoms with Crippen molar-refractivity contribution in [3.63, 3.8) is 0 Å². The average molecular weight is 409 g/mol. The summed E-state index contributed by atoms with van der Waals surface area (Å²) in [6.07, 6.45) is -3.51. The third-order valence-electron chi connectivity index (χ3n) is 3.60. The number of rotatable bonds is 4. The summed E-state index contributed by atoms with van der Waals surface area (Å²) < 4.78 is 14.4. The van der Waals surface area contributed by atoms with Crippen LogP contribution in [0.1, 0.15) is 20.7 Å². The largest absolute Gasteiger partial charge is 0.442 e. The van der Waals surface area contributed by atoms with E-state index in [-0.39, 0.29) is 21.2 Å². The van der Waals surface area contributed by atoms with Crippen molar-refractivity contribution in [1.82, 2.24) is 0 Å². The van der Waals surface area contributed by atoms with E-state index in [4.69, 9.17) is 32.7 Å². The lowest BCUT2D eigenvalue weighted by molar-refractivity contribution is -0.155. The Bertz CT molecular complexity index is 865. The van der Waals surface area contributed by atoms with Gasteiger partial charge in [0.25, 0.3) is 0 Å². The Morgan fingerprint density at radius 3 is 1.48 bits per heavy atom. The van der Waals surface area contributed by atoms with Crippen LogP contribution in [0.2, 0.25) is 10.0 Å². The maximum absolute atomic E-state index is 12.2. The molecular formula is C18H10Cl2O7. The summed E-state index contributed by atoms with van der Waals surface area (Å²) in [5, 5.41) is 0.176. The number of esters is 4. The molecule has 0 unspecified atom stereocenters. The van der Waals surface area contributed by atoms with E-state index in [1.807, 2.05) is 0 Å². The molecule has 0 N–H and O–H groups in total. The Kier molecular flexibility index (Phi) is 5.43. The maximum Gasteiger partial charge on any atom is 0.359 e. The zero-order chi connectivity index (χ0) is 19.6. The molecule has 27 heavy (non-hydrogen) atoms. The molecule has 2 atom stereocenters. The SMILES string of the molecule is O=C(O[C@H]1C(=O)OC(=O)[C@@H]1OC(=O)c1ccccc1Cl)c1ccccc1Cl. The number of hydrogen-bond acceptors (Lipinski definition) is 7. The highest BCUT2D eigenvalue weighted by molar-refractivity contribution is 6.34. The zero-order valence-electron chi connectivity index (χ0n) is 13.4. The first kappa shape index (κ1) is 18.9. The Morgan fingerprint density at radius 1 is 0.741 bits per heavy atom. The van der Waals surface area contributed by atoms with Gasteiger partial charge in [-0.05, 0) is 24.3 Å². The van der Waals surface area contributed by atoms with Gasteiger partial charge in [0.1, 0.15) is 0 Å². The van der Waals surface area contributed by atoms with Gasteiger partial charge in [-0.2, -0.15) is 0 Å². The molecule has 0 spiro atoms. The van der Waals surface area contributed by atoms with Gasteiger partial charge in [0.15, 0.2) is 0 Å². The molecule has 1 aliphatic rings. The number of ether oxygens (including phenoxy) is 3. The van der Waals surface area contributed by atoms with Crippen molar-refractivity contribution in [1.29, 1.82) is 0 Å². The number of carbonyl (C=O) groups is 4. The fourth-order valence-electron chi connectivity index (χ4n) is 2.29. The predicted octanol–water partition coefficient (Wildman–Crippen LogP) is 2.83. The van der Waals surface area contributed by atoms with Crippen LogP contribution in [-0.2, 0) is 23.8 Å². The molecule has 138 valence electrons. The van der Waals surface area contributed by atoms with E-state index in [9.17, 15) is 19.2 Å². The highest BCUT2D eigenvalue weighted by atomic mass is 35.5. The normalized spacial score (nSPS) is 18.7. The summed E-state index contributed by atoms with van der Waals surface area (Å²) in [5.41, 5.74) is -0.0509. The summed E-state index contributed by atoms with van der Waals surface area (Å²) >= 11 is 11.8. The van der Waals surface area contributed by atoms with Crippen molar-refractivity contribution >= 4 is 47.1 Å². The van der Waals surface area contributed by atoms with Gasteiger partial charge in [-0.3, -0.25) is 0 Å². The molecule has 1 aliphatic heterocycles. The molecule has 0 amide bonds. The molecule has 1 saturated heterocycles. The summed E-state index contributed by atoms with van der Waals surface area (Å²) in [4.78, 5) is 48.2. The number of carbonyl (C=O) groups excluding carboxylic acids is 4. The van der Waals surface area contributed by atoms with Crippen LogP contribution < -0.4 is 0 Å². The van der Waals surface area contributed by atoms with Crippen molar-refractivity contribution in [3.8, 4) is 0 Å². The van der Waals surface area contributed by atoms with Gasteiger partial charge in [0, 0.05) is 0 Å². The number of hydrogen-bond donors (Lipinski definition) is 0. The molecule has 7 nitrogen and oxygen atoms in total. The van der Waals surface area contributed by atoms with Crippen LogP contribution in [0.15, 0.2) is 48.5 Å². The molecule has 0 aliphatic carbocycles. The number of halogens is 2. The van der Waals surface area contributed by atoms with Gasteiger partial charge in [-0.25, -0.2) is 19.2 Å². The van der Waals surface area contributed by atoms with Crippen LogP contribution >= 0.6 is 23.2 Å². The maximum atomic E-state index is 12.2. The van der Waals surface area contributed by atoms with Crippen molar-refractivity contribution < 1.29 is 33.4 Å². The molecule has 0 saturated carbocycles. The van der Waals surface area contributed by atoms with Crippen molar-refractivity contribution in [2.45, 2.75) is 12.2 Å². The zero-order valence-corrected chi connectivity index (χ0v) is 14.9. The quantitative estimate of drug-likeness (QED) is 0.435. The second-order valence-corrected chi connectivity index (χ2v) is 6.17. The van der Waals surface area contributed by atoms with Gasteiger partial charge < -0.3 is 14.2 Å². The lowest BCUT2D eigenvalue weighted by atomic mass is 10.2. The molecule has 9 heteroatoms. The second-order valence-electron chi connectivity index (χ2n) is 5.35. The smallest absolute Gasteiger partial charge is 0.359 e. The van der Waals surface area contributed by atoms with Crippen molar-refractivity contribution in [2.75, 3.05) is 0 Å². The molecular weight excluding hydrogens is 399 g/mol. The Morgan fingerprint density at radius 2 is 1.11 bits per heavy atom. The molecule has 0 radical (unpaired) electrons. The molecule has 2 aromatic carbocycles. The Labute approximate surface area is 162 Å². The van der Waals surface area contributed by atoms with E-state index in [0.29, 0.717) is 0 Å². The predicted molar refractivity (Wildman–Crippen MR) is 92.4 cm³/mol. The fourth-order valence-corrected chi connectivity index (χ4v) is 2.72. The highest BCUT2D eigenvalue weighted by Crippen LogP contribution is 2.24. The van der Waals surface area contributed by atoms with Gasteiger partial charge in [0.05, 0.1) is 21.2 Å². The topological polar surface area (TPSA) is 96.0 Å². The van der Waals surface area contributed by atoms with Crippen molar-refractivity contribution in [3.05, 3.63) is 69.7 Å². The van der Waals surface area contributed by atoms with Crippen molar-refractivity contribution in [2.24, 2.45) is 0 Å². The summed E-state index contributed by atoms with van der Waals surface area (Å²) in [6, 6.07) is 11.9. The summed E-state index contributed by atoms with van der Waals surface area (Å²) in [6.45, 7) is 0. The van der Waals surface area contributed by atoms with E-state index in [1.165, 1.54) is 36.4 Å². The summed E-state index contributed by atoms with van der Waals surface area (Å²) in [5.74, 6) is -4.26. The van der Waals surface area contributed by atoms with E-state index >= 15 is 0 Å². The minimum atomic E-state index is -1.76. The third kappa shape index (κ3) is 3.94. The molecule has 3 rings (SSSR count). The number of cyclic esters (lactones) is 2. The first-order valence-corrected chi connectivity index (χ1v) is 8.30. The minimum absolute atomic E-state index is 0.0255. The molecule has 1 fully saturated rings. The van der Waals surface area contributed by atoms with Gasteiger partial charge in [-0.1, -0.05) is 47.5 Å². The van der Waals surface area contributed by atoms with E-state index in [2.05, 4.69) is 4.74 Å². The highest BCUT2D eigenvalue weighted by Gasteiger charge is 2.50. The molecule has 1 heterocycles. The van der Waals surface area contributed by atoms with Crippen LogP contribution in [0, 0.1) is 0 Å². The van der Waals surface area contributed by atoms with Gasteiger partial charge in [0.2, 0.25) is 12.2 Å². The van der Waals surface area contributed by atoms with E-state index in [0.717, 1.165) is 0 Å². The van der Waals surface area contributed by atoms with Crippen LogP contribution in [0.4, 0.5) is 0 Å². The molecule has 0 aromatic heterocycles. The van der Waals surface area contributed by atoms with Crippen LogP contribution in [-0.4, -0.2) is 36.1 Å². The van der Waals surface area contributed by atoms with E-state index in [1.54, 1.807) is 12.1 Å². The Hall–Kier alpha value is -2.90. The van der Waals surface area contributed by atoms with Crippen LogP contribution in [0.3, 0.4) is 0 Å². The second kappa shape index (κ2) is 7.77. The summed E-state index contributed by atoms with van der Waals surface area (Å²) in [7, 11) is 0. The lowest BCUT2D eigenvalue weighted by Gasteiger charge is -2.16. The van der Waals surface area contributed by atoms with E-state index < -0.39 is 36.1 Å². The van der Waals surface area contributed by atoms with Crippen LogP contribution in [0.25, 0.3) is 0 Å². The molecule has 2 aromatic rings. The van der Waals surface area contributed by atoms with Gasteiger partial charge >= 0.3 is 23.9 Å².